The highest BCUT2D eigenvalue weighted by Crippen LogP contribution is 2.19. The number of benzene rings is 1. The van der Waals surface area contributed by atoms with E-state index in [9.17, 15) is 19.5 Å². The Bertz CT molecular complexity index is 851. The lowest BCUT2D eigenvalue weighted by Gasteiger charge is -2.14. The minimum atomic E-state index is -1.11. The van der Waals surface area contributed by atoms with Crippen LogP contribution in [0.5, 0.6) is 5.75 Å². The molecule has 2 aromatic rings. The van der Waals surface area contributed by atoms with Gasteiger partial charge in [0, 0.05) is 11.6 Å². The average Bonchev–Trinajstić information content (AvgIpc) is 2.66. The highest BCUT2D eigenvalue weighted by atomic mass is 32.2. The summed E-state index contributed by atoms with van der Waals surface area (Å²) in [7, 11) is 1.57. The van der Waals surface area contributed by atoms with Crippen molar-refractivity contribution in [3.05, 3.63) is 46.8 Å². The van der Waals surface area contributed by atoms with Gasteiger partial charge in [0.15, 0.2) is 0 Å². The van der Waals surface area contributed by atoms with Crippen molar-refractivity contribution in [2.45, 2.75) is 19.0 Å². The zero-order valence-corrected chi connectivity index (χ0v) is 15.9. The second-order valence-corrected chi connectivity index (χ2v) is 6.67. The van der Waals surface area contributed by atoms with E-state index in [1.165, 1.54) is 17.8 Å². The van der Waals surface area contributed by atoms with Gasteiger partial charge in [0.05, 0.1) is 12.8 Å². The van der Waals surface area contributed by atoms with Crippen LogP contribution in [0, 0.1) is 0 Å². The Balaban J connectivity index is 2.14. The molecule has 27 heavy (non-hydrogen) atoms. The largest absolute Gasteiger partial charge is 0.497 e. The Kier molecular flexibility index (Phi) is 7.42. The molecule has 0 bridgehead atoms. The van der Waals surface area contributed by atoms with Crippen molar-refractivity contribution in [2.75, 3.05) is 19.1 Å². The van der Waals surface area contributed by atoms with E-state index in [0.717, 1.165) is 10.2 Å². The van der Waals surface area contributed by atoms with Crippen LogP contribution in [0.4, 0.5) is 0 Å². The van der Waals surface area contributed by atoms with E-state index in [2.05, 4.69) is 10.4 Å². The number of thioether (sulfide) groups is 1. The third kappa shape index (κ3) is 5.85. The van der Waals surface area contributed by atoms with Gasteiger partial charge in [-0.25, -0.2) is 9.48 Å². The molecule has 1 heterocycles. The number of rotatable bonds is 9. The van der Waals surface area contributed by atoms with Crippen molar-refractivity contribution in [2.24, 2.45) is 0 Å². The number of hydrogen-bond acceptors (Lipinski definition) is 6. The monoisotopic (exact) mass is 391 g/mol. The molecule has 1 amide bonds. The zero-order chi connectivity index (χ0) is 19.8. The number of carbonyl (C=O) groups excluding carboxylic acids is 1. The van der Waals surface area contributed by atoms with Crippen LogP contribution in [-0.2, 0) is 16.1 Å². The summed E-state index contributed by atoms with van der Waals surface area (Å²) in [5.41, 5.74) is 0.828. The third-order valence-electron chi connectivity index (χ3n) is 3.79. The Hall–Kier alpha value is -2.81. The van der Waals surface area contributed by atoms with E-state index in [0.29, 0.717) is 23.6 Å². The molecular formula is C18H21N3O5S. The number of carbonyl (C=O) groups is 2. The van der Waals surface area contributed by atoms with Crippen molar-refractivity contribution < 1.29 is 19.4 Å². The summed E-state index contributed by atoms with van der Waals surface area (Å²) in [5, 5.41) is 15.8. The van der Waals surface area contributed by atoms with E-state index in [4.69, 9.17) is 4.74 Å². The Morgan fingerprint density at radius 2 is 1.96 bits per heavy atom. The molecule has 0 aliphatic carbocycles. The second-order valence-electron chi connectivity index (χ2n) is 5.68. The molecule has 2 N–H and O–H groups in total. The normalized spacial score (nSPS) is 11.6. The maximum absolute atomic E-state index is 12.2. The summed E-state index contributed by atoms with van der Waals surface area (Å²) in [6, 6.07) is 9.01. The SMILES string of the molecule is COc1ccc(-c2ccc(=O)n(CC(=O)N[C@H](CCSC)C(=O)O)n2)cc1. The lowest BCUT2D eigenvalue weighted by Crippen LogP contribution is -2.44. The van der Waals surface area contributed by atoms with Gasteiger partial charge in [-0.3, -0.25) is 9.59 Å². The first kappa shape index (κ1) is 20.5. The van der Waals surface area contributed by atoms with E-state index in [1.54, 1.807) is 37.4 Å². The van der Waals surface area contributed by atoms with Crippen molar-refractivity contribution in [1.29, 1.82) is 0 Å². The highest BCUT2D eigenvalue weighted by Gasteiger charge is 2.20. The van der Waals surface area contributed by atoms with Gasteiger partial charge in [0.1, 0.15) is 18.3 Å². The topological polar surface area (TPSA) is 111 Å². The fourth-order valence-electron chi connectivity index (χ4n) is 2.35. The van der Waals surface area contributed by atoms with Crippen molar-refractivity contribution in [3.63, 3.8) is 0 Å². The number of aliphatic carboxylic acids is 1. The van der Waals surface area contributed by atoms with Crippen LogP contribution < -0.4 is 15.6 Å². The van der Waals surface area contributed by atoms with Crippen LogP contribution in [0.15, 0.2) is 41.2 Å². The summed E-state index contributed by atoms with van der Waals surface area (Å²) in [6.07, 6.45) is 2.16. The van der Waals surface area contributed by atoms with Crippen LogP contribution in [0.3, 0.4) is 0 Å². The summed E-state index contributed by atoms with van der Waals surface area (Å²) in [5.74, 6) is -0.395. The molecule has 0 aliphatic heterocycles. The maximum Gasteiger partial charge on any atom is 0.326 e. The summed E-state index contributed by atoms with van der Waals surface area (Å²) in [6.45, 7) is -0.355. The predicted octanol–water partition coefficient (Wildman–Crippen LogP) is 1.24. The van der Waals surface area contributed by atoms with Gasteiger partial charge >= 0.3 is 5.97 Å². The summed E-state index contributed by atoms with van der Waals surface area (Å²) in [4.78, 5) is 35.4. The standard InChI is InChI=1S/C18H21N3O5S/c1-26-13-5-3-12(4-6-13)14-7-8-17(23)21(20-14)11-16(22)19-15(18(24)25)9-10-27-2/h3-8,15H,9-11H2,1-2H3,(H,19,22)(H,24,25)/t15-/m1/s1. The first-order chi connectivity index (χ1) is 12.9. The van der Waals surface area contributed by atoms with Crippen LogP contribution >= 0.6 is 11.8 Å². The minimum Gasteiger partial charge on any atom is -0.497 e. The predicted molar refractivity (Wildman–Crippen MR) is 103 cm³/mol. The average molecular weight is 391 g/mol. The van der Waals surface area contributed by atoms with Gasteiger partial charge in [-0.15, -0.1) is 0 Å². The minimum absolute atomic E-state index is 0.302. The molecule has 9 heteroatoms. The lowest BCUT2D eigenvalue weighted by atomic mass is 10.1. The molecule has 0 radical (unpaired) electrons. The molecule has 0 fully saturated rings. The van der Waals surface area contributed by atoms with Gasteiger partial charge in [0.25, 0.3) is 5.56 Å². The maximum atomic E-state index is 12.2. The van der Waals surface area contributed by atoms with E-state index in [-0.39, 0.29) is 6.54 Å². The van der Waals surface area contributed by atoms with Crippen LogP contribution in [0.25, 0.3) is 11.3 Å². The summed E-state index contributed by atoms with van der Waals surface area (Å²) < 4.78 is 6.12. The van der Waals surface area contributed by atoms with Gasteiger partial charge in [-0.1, -0.05) is 0 Å². The molecule has 1 aromatic heterocycles. The number of hydrogen-bond donors (Lipinski definition) is 2. The van der Waals surface area contributed by atoms with E-state index in [1.807, 2.05) is 6.26 Å². The first-order valence-electron chi connectivity index (χ1n) is 8.18. The molecule has 8 nitrogen and oxygen atoms in total. The zero-order valence-electron chi connectivity index (χ0n) is 15.0. The van der Waals surface area contributed by atoms with E-state index < -0.39 is 23.5 Å². The Labute approximate surface area is 160 Å². The van der Waals surface area contributed by atoms with Crippen molar-refractivity contribution in [1.82, 2.24) is 15.1 Å². The smallest absolute Gasteiger partial charge is 0.326 e. The van der Waals surface area contributed by atoms with Gasteiger partial charge in [0.2, 0.25) is 5.91 Å². The molecule has 144 valence electrons. The first-order valence-corrected chi connectivity index (χ1v) is 9.57. The molecule has 0 saturated carbocycles. The Morgan fingerprint density at radius 3 is 2.56 bits per heavy atom. The fourth-order valence-corrected chi connectivity index (χ4v) is 2.82. The number of aromatic nitrogens is 2. The van der Waals surface area contributed by atoms with Crippen LogP contribution in [0.2, 0.25) is 0 Å². The molecular weight excluding hydrogens is 370 g/mol. The summed E-state index contributed by atoms with van der Waals surface area (Å²) >= 11 is 1.49. The molecule has 1 aromatic carbocycles. The number of nitrogens with zero attached hydrogens (tertiary/aromatic N) is 2. The number of nitrogens with one attached hydrogen (secondary N) is 1. The molecule has 1 atom stereocenters. The molecule has 0 saturated heterocycles. The highest BCUT2D eigenvalue weighted by molar-refractivity contribution is 7.98. The quantitative estimate of drug-likeness (QED) is 0.662. The van der Waals surface area contributed by atoms with Gasteiger partial charge < -0.3 is 15.2 Å². The third-order valence-corrected chi connectivity index (χ3v) is 4.43. The van der Waals surface area contributed by atoms with Crippen LogP contribution in [-0.4, -0.2) is 51.9 Å². The van der Waals surface area contributed by atoms with Crippen molar-refractivity contribution >= 4 is 23.6 Å². The lowest BCUT2D eigenvalue weighted by molar-refractivity contribution is -0.142. The number of carboxylic acids is 1. The second kappa shape index (κ2) is 9.77. The fraction of sp³-hybridized carbons (Fsp3) is 0.333. The molecule has 0 spiro atoms. The molecule has 0 aliphatic rings. The molecule has 2 rings (SSSR count). The Morgan fingerprint density at radius 1 is 1.26 bits per heavy atom. The number of carboxylic acid groups (broad SMARTS) is 1. The van der Waals surface area contributed by atoms with Gasteiger partial charge in [-0.2, -0.15) is 16.9 Å². The van der Waals surface area contributed by atoms with Gasteiger partial charge in [-0.05, 0) is 48.8 Å². The van der Waals surface area contributed by atoms with E-state index >= 15 is 0 Å². The van der Waals surface area contributed by atoms with Crippen LogP contribution in [0.1, 0.15) is 6.42 Å². The number of ether oxygens (including phenoxy) is 1. The van der Waals surface area contributed by atoms with Crippen molar-refractivity contribution in [3.8, 4) is 17.0 Å². The number of amides is 1. The number of methoxy groups -OCH3 is 1. The molecule has 0 unspecified atom stereocenters.